The van der Waals surface area contributed by atoms with Crippen molar-refractivity contribution in [3.05, 3.63) is 0 Å². The average Bonchev–Trinajstić information content (AvgIpc) is 2.24. The Kier molecular flexibility index (Phi) is 8.55. The first-order chi connectivity index (χ1) is 7.57. The Balaban J connectivity index is 3.46. The van der Waals surface area contributed by atoms with Crippen molar-refractivity contribution in [2.24, 2.45) is 5.92 Å². The van der Waals surface area contributed by atoms with Gasteiger partial charge in [-0.25, -0.2) is 0 Å². The molecular formula is C12H22N2O2. The van der Waals surface area contributed by atoms with Crippen molar-refractivity contribution in [3.8, 4) is 6.07 Å². The lowest BCUT2D eigenvalue weighted by atomic mass is 10.1. The first-order valence-electron chi connectivity index (χ1n) is 5.76. The van der Waals surface area contributed by atoms with Gasteiger partial charge in [-0.2, -0.15) is 5.26 Å². The van der Waals surface area contributed by atoms with Crippen molar-refractivity contribution in [3.63, 3.8) is 0 Å². The molecule has 0 unspecified atom stereocenters. The number of hydrogen-bond donors (Lipinski definition) is 0. The molecule has 4 nitrogen and oxygen atoms in total. The van der Waals surface area contributed by atoms with Gasteiger partial charge in [-0.1, -0.05) is 13.8 Å². The molecule has 0 bridgehead atoms. The van der Waals surface area contributed by atoms with Crippen molar-refractivity contribution in [2.75, 3.05) is 26.8 Å². The maximum Gasteiger partial charge on any atom is 0.248 e. The second-order valence-electron chi connectivity index (χ2n) is 4.31. The summed E-state index contributed by atoms with van der Waals surface area (Å²) in [5.41, 5.74) is 0. The third kappa shape index (κ3) is 8.25. The number of ether oxygens (including phenoxy) is 1. The highest BCUT2D eigenvalue weighted by atomic mass is 16.5. The van der Waals surface area contributed by atoms with Crippen LogP contribution in [0.15, 0.2) is 0 Å². The Labute approximate surface area is 98.2 Å². The number of nitrogens with zero attached hydrogens (tertiary/aromatic N) is 2. The molecule has 0 aliphatic rings. The van der Waals surface area contributed by atoms with Gasteiger partial charge in [0.1, 0.15) is 6.61 Å². The Morgan fingerprint density at radius 2 is 2.19 bits per heavy atom. The first kappa shape index (κ1) is 14.9. The second kappa shape index (κ2) is 9.17. The third-order valence-electron chi connectivity index (χ3n) is 2.28. The molecule has 16 heavy (non-hydrogen) atoms. The summed E-state index contributed by atoms with van der Waals surface area (Å²) < 4.78 is 5.27. The summed E-state index contributed by atoms with van der Waals surface area (Å²) in [5, 5.41) is 8.38. The minimum Gasteiger partial charge on any atom is -0.372 e. The molecule has 0 aliphatic heterocycles. The molecule has 0 fully saturated rings. The molecule has 0 spiro atoms. The van der Waals surface area contributed by atoms with Crippen LogP contribution in [0, 0.1) is 17.2 Å². The summed E-state index contributed by atoms with van der Waals surface area (Å²) in [6.45, 7) is 5.57. The highest BCUT2D eigenvalue weighted by Crippen LogP contribution is 2.03. The van der Waals surface area contributed by atoms with Gasteiger partial charge >= 0.3 is 0 Å². The summed E-state index contributed by atoms with van der Waals surface area (Å²) in [4.78, 5) is 13.0. The predicted molar refractivity (Wildman–Crippen MR) is 62.8 cm³/mol. The number of rotatable bonds is 8. The van der Waals surface area contributed by atoms with Gasteiger partial charge in [0.25, 0.3) is 0 Å². The molecule has 92 valence electrons. The molecule has 0 saturated heterocycles. The number of hydrogen-bond acceptors (Lipinski definition) is 3. The minimum absolute atomic E-state index is 0.0557. The van der Waals surface area contributed by atoms with Crippen LogP contribution in [0.2, 0.25) is 0 Å². The third-order valence-corrected chi connectivity index (χ3v) is 2.28. The SMILES string of the molecule is CC(C)CCCOCC(=O)N(C)CCC#N. The second-order valence-corrected chi connectivity index (χ2v) is 4.31. The standard InChI is InChI=1S/C12H22N2O2/c1-11(2)6-4-9-16-10-12(15)14(3)8-5-7-13/h11H,4-6,8-10H2,1-3H3. The fourth-order valence-corrected chi connectivity index (χ4v) is 1.21. The Morgan fingerprint density at radius 1 is 1.50 bits per heavy atom. The molecule has 0 aromatic heterocycles. The van der Waals surface area contributed by atoms with Crippen molar-refractivity contribution in [1.29, 1.82) is 5.26 Å². The lowest BCUT2D eigenvalue weighted by molar-refractivity contribution is -0.134. The zero-order valence-electron chi connectivity index (χ0n) is 10.5. The van der Waals surface area contributed by atoms with E-state index in [0.29, 0.717) is 25.5 Å². The van der Waals surface area contributed by atoms with Crippen molar-refractivity contribution >= 4 is 5.91 Å². The molecule has 0 N–H and O–H groups in total. The van der Waals surface area contributed by atoms with Crippen LogP contribution >= 0.6 is 0 Å². The van der Waals surface area contributed by atoms with E-state index in [1.54, 1.807) is 7.05 Å². The summed E-state index contributed by atoms with van der Waals surface area (Å²) in [5.74, 6) is 0.623. The van der Waals surface area contributed by atoms with Crippen LogP contribution in [-0.2, 0) is 9.53 Å². The lowest BCUT2D eigenvalue weighted by Crippen LogP contribution is -2.31. The molecule has 0 saturated carbocycles. The summed E-state index contributed by atoms with van der Waals surface area (Å²) in [6.07, 6.45) is 2.49. The molecule has 0 heterocycles. The quantitative estimate of drug-likeness (QED) is 0.593. The van der Waals surface area contributed by atoms with E-state index in [9.17, 15) is 4.79 Å². The topological polar surface area (TPSA) is 53.3 Å². The van der Waals surface area contributed by atoms with Crippen molar-refractivity contribution in [2.45, 2.75) is 33.1 Å². The van der Waals surface area contributed by atoms with Crippen molar-refractivity contribution < 1.29 is 9.53 Å². The largest absolute Gasteiger partial charge is 0.372 e. The van der Waals surface area contributed by atoms with E-state index < -0.39 is 0 Å². The van der Waals surface area contributed by atoms with Gasteiger partial charge in [-0.15, -0.1) is 0 Å². The summed E-state index contributed by atoms with van der Waals surface area (Å²) >= 11 is 0. The van der Waals surface area contributed by atoms with E-state index in [0.717, 1.165) is 12.8 Å². The van der Waals surface area contributed by atoms with Gasteiger partial charge in [-0.3, -0.25) is 4.79 Å². The van der Waals surface area contributed by atoms with Gasteiger partial charge < -0.3 is 9.64 Å². The first-order valence-corrected chi connectivity index (χ1v) is 5.76. The molecule has 0 aliphatic carbocycles. The zero-order valence-corrected chi connectivity index (χ0v) is 10.5. The van der Waals surface area contributed by atoms with Crippen LogP contribution < -0.4 is 0 Å². The van der Waals surface area contributed by atoms with Gasteiger partial charge in [0.2, 0.25) is 5.91 Å². The maximum absolute atomic E-state index is 11.4. The number of carbonyl (C=O) groups excluding carboxylic acids is 1. The highest BCUT2D eigenvalue weighted by Gasteiger charge is 2.07. The Morgan fingerprint density at radius 3 is 2.75 bits per heavy atom. The molecule has 0 aromatic carbocycles. The number of likely N-dealkylation sites (N-methyl/N-ethyl adjacent to an activating group) is 1. The molecular weight excluding hydrogens is 204 g/mol. The van der Waals surface area contributed by atoms with E-state index in [1.807, 2.05) is 6.07 Å². The fraction of sp³-hybridized carbons (Fsp3) is 0.833. The molecule has 4 heteroatoms. The maximum atomic E-state index is 11.4. The van der Waals surface area contributed by atoms with Crippen LogP contribution in [0.3, 0.4) is 0 Å². The van der Waals surface area contributed by atoms with E-state index in [4.69, 9.17) is 10.00 Å². The minimum atomic E-state index is -0.0557. The van der Waals surface area contributed by atoms with Crippen LogP contribution in [0.5, 0.6) is 0 Å². The molecule has 0 rings (SSSR count). The number of carbonyl (C=O) groups is 1. The van der Waals surface area contributed by atoms with Crippen LogP contribution in [0.4, 0.5) is 0 Å². The smallest absolute Gasteiger partial charge is 0.248 e. The van der Waals surface area contributed by atoms with E-state index in [-0.39, 0.29) is 12.5 Å². The highest BCUT2D eigenvalue weighted by molar-refractivity contribution is 5.77. The fourth-order valence-electron chi connectivity index (χ4n) is 1.21. The Bertz CT molecular complexity index is 234. The average molecular weight is 226 g/mol. The number of nitriles is 1. The van der Waals surface area contributed by atoms with Crippen LogP contribution in [-0.4, -0.2) is 37.6 Å². The molecule has 0 atom stereocenters. The lowest BCUT2D eigenvalue weighted by Gasteiger charge is -2.15. The van der Waals surface area contributed by atoms with E-state index in [1.165, 1.54) is 4.90 Å². The number of amides is 1. The van der Waals surface area contributed by atoms with Gasteiger partial charge in [-0.05, 0) is 18.8 Å². The van der Waals surface area contributed by atoms with Gasteiger partial charge in [0, 0.05) is 20.2 Å². The molecule has 0 radical (unpaired) electrons. The predicted octanol–water partition coefficient (Wildman–Crippen LogP) is 1.81. The van der Waals surface area contributed by atoms with Crippen molar-refractivity contribution in [1.82, 2.24) is 4.90 Å². The Hall–Kier alpha value is -1.08. The van der Waals surface area contributed by atoms with Gasteiger partial charge in [0.15, 0.2) is 0 Å². The summed E-state index contributed by atoms with van der Waals surface area (Å²) in [7, 11) is 1.69. The van der Waals surface area contributed by atoms with Crippen LogP contribution in [0.1, 0.15) is 33.1 Å². The van der Waals surface area contributed by atoms with Gasteiger partial charge in [0.05, 0.1) is 12.5 Å². The molecule has 1 amide bonds. The van der Waals surface area contributed by atoms with Crippen LogP contribution in [0.25, 0.3) is 0 Å². The normalized spacial score (nSPS) is 10.2. The van der Waals surface area contributed by atoms with E-state index >= 15 is 0 Å². The zero-order chi connectivity index (χ0) is 12.4. The summed E-state index contributed by atoms with van der Waals surface area (Å²) in [6, 6.07) is 2.01. The monoisotopic (exact) mass is 226 g/mol. The molecule has 0 aromatic rings. The van der Waals surface area contributed by atoms with E-state index in [2.05, 4.69) is 13.8 Å².